The minimum absolute atomic E-state index is 0.101. The molecule has 0 spiro atoms. The zero-order chi connectivity index (χ0) is 49.2. The maximum atomic E-state index is 12.3. The molecule has 0 fully saturated rings. The summed E-state index contributed by atoms with van der Waals surface area (Å²) in [5.41, 5.74) is 0. The number of ether oxygens (including phenoxy) is 2. The van der Waals surface area contributed by atoms with Crippen LogP contribution in [0.3, 0.4) is 0 Å². The van der Waals surface area contributed by atoms with E-state index in [9.17, 15) is 14.7 Å². The van der Waals surface area contributed by atoms with Crippen molar-refractivity contribution >= 4 is 11.9 Å². The van der Waals surface area contributed by atoms with Crippen molar-refractivity contribution in [1.82, 2.24) is 0 Å². The van der Waals surface area contributed by atoms with E-state index >= 15 is 0 Å². The minimum Gasteiger partial charge on any atom is -0.462 e. The highest BCUT2D eigenvalue weighted by Gasteiger charge is 2.16. The molecule has 0 aliphatic carbocycles. The molecule has 0 amide bonds. The summed E-state index contributed by atoms with van der Waals surface area (Å²) in [6.45, 7) is 3.86. The van der Waals surface area contributed by atoms with Crippen LogP contribution in [0.25, 0.3) is 0 Å². The first-order chi connectivity index (χ1) is 33.6. The molecule has 0 saturated carbocycles. The van der Waals surface area contributed by atoms with Gasteiger partial charge in [-0.05, 0) is 116 Å². The summed E-state index contributed by atoms with van der Waals surface area (Å²) in [6.07, 6.45) is 87.7. The van der Waals surface area contributed by atoms with Gasteiger partial charge in [0.25, 0.3) is 0 Å². The zero-order valence-electron chi connectivity index (χ0n) is 43.3. The van der Waals surface area contributed by atoms with E-state index in [1.807, 2.05) is 0 Å². The van der Waals surface area contributed by atoms with Crippen molar-refractivity contribution in [3.8, 4) is 0 Å². The molecule has 0 aromatic heterocycles. The molecule has 68 heavy (non-hydrogen) atoms. The molecular formula is C63H98O5. The maximum absolute atomic E-state index is 12.3. The Balaban J connectivity index is 3.68. The fourth-order valence-electron chi connectivity index (χ4n) is 6.84. The fourth-order valence-corrected chi connectivity index (χ4v) is 6.84. The van der Waals surface area contributed by atoms with Crippen molar-refractivity contribution in [1.29, 1.82) is 0 Å². The van der Waals surface area contributed by atoms with E-state index in [2.05, 4.69) is 172 Å². The van der Waals surface area contributed by atoms with Crippen molar-refractivity contribution in [2.75, 3.05) is 13.2 Å². The Labute approximate surface area is 418 Å². The first-order valence-corrected chi connectivity index (χ1v) is 27.0. The molecule has 1 atom stereocenters. The quantitative estimate of drug-likeness (QED) is 0.0374. The number of rotatable bonds is 47. The van der Waals surface area contributed by atoms with Crippen LogP contribution < -0.4 is 0 Å². The van der Waals surface area contributed by atoms with Crippen LogP contribution in [0, 0.1) is 0 Å². The highest BCUT2D eigenvalue weighted by molar-refractivity contribution is 5.70. The highest BCUT2D eigenvalue weighted by atomic mass is 16.6. The van der Waals surface area contributed by atoms with Crippen LogP contribution in [0.1, 0.15) is 206 Å². The third-order valence-corrected chi connectivity index (χ3v) is 10.8. The Morgan fingerprint density at radius 3 is 0.926 bits per heavy atom. The van der Waals surface area contributed by atoms with E-state index in [1.165, 1.54) is 64.2 Å². The fraction of sp³-hybridized carbons (Fsp3) is 0.556. The normalized spacial score (nSPS) is 13.5. The molecule has 0 aliphatic heterocycles. The van der Waals surface area contributed by atoms with Crippen molar-refractivity contribution in [3.63, 3.8) is 0 Å². The van der Waals surface area contributed by atoms with E-state index in [1.54, 1.807) is 0 Å². The number of hydrogen-bond acceptors (Lipinski definition) is 5. The lowest BCUT2D eigenvalue weighted by atomic mass is 10.0. The predicted octanol–water partition coefficient (Wildman–Crippen LogP) is 18.4. The Morgan fingerprint density at radius 1 is 0.338 bits per heavy atom. The molecule has 0 saturated heterocycles. The zero-order valence-corrected chi connectivity index (χ0v) is 43.3. The molecule has 0 heterocycles. The summed E-state index contributed by atoms with van der Waals surface area (Å²) in [7, 11) is 0. The van der Waals surface area contributed by atoms with Crippen LogP contribution in [0.5, 0.6) is 0 Å². The van der Waals surface area contributed by atoms with Crippen LogP contribution in [0.4, 0.5) is 0 Å². The number of aliphatic hydroxyl groups excluding tert-OH is 1. The monoisotopic (exact) mass is 935 g/mol. The second-order valence-corrected chi connectivity index (χ2v) is 17.2. The van der Waals surface area contributed by atoms with Gasteiger partial charge in [-0.1, -0.05) is 236 Å². The van der Waals surface area contributed by atoms with Crippen LogP contribution in [0.2, 0.25) is 0 Å². The first-order valence-electron chi connectivity index (χ1n) is 27.0. The van der Waals surface area contributed by atoms with Gasteiger partial charge in [0, 0.05) is 12.8 Å². The number of carbonyl (C=O) groups is 2. The molecule has 0 rings (SSSR count). The molecule has 0 aliphatic rings. The number of allylic oxidation sites excluding steroid dienone is 26. The Kier molecular flexibility index (Phi) is 53.1. The average molecular weight is 935 g/mol. The van der Waals surface area contributed by atoms with Crippen molar-refractivity contribution in [2.45, 2.75) is 213 Å². The Morgan fingerprint density at radius 2 is 0.603 bits per heavy atom. The van der Waals surface area contributed by atoms with Gasteiger partial charge in [-0.2, -0.15) is 0 Å². The largest absolute Gasteiger partial charge is 0.462 e. The number of hydrogen-bond donors (Lipinski definition) is 1. The second kappa shape index (κ2) is 56.8. The third-order valence-electron chi connectivity index (χ3n) is 10.8. The van der Waals surface area contributed by atoms with Crippen LogP contribution in [-0.2, 0) is 19.1 Å². The lowest BCUT2D eigenvalue weighted by Gasteiger charge is -2.15. The summed E-state index contributed by atoms with van der Waals surface area (Å²) in [4.78, 5) is 24.5. The maximum Gasteiger partial charge on any atom is 0.306 e. The van der Waals surface area contributed by atoms with Gasteiger partial charge in [0.15, 0.2) is 6.10 Å². The highest BCUT2D eigenvalue weighted by Crippen LogP contribution is 2.14. The summed E-state index contributed by atoms with van der Waals surface area (Å²) < 4.78 is 10.6. The third kappa shape index (κ3) is 54.1. The number of unbranched alkanes of at least 4 members (excludes halogenated alkanes) is 13. The van der Waals surface area contributed by atoms with Crippen molar-refractivity contribution in [3.05, 3.63) is 158 Å². The van der Waals surface area contributed by atoms with E-state index in [4.69, 9.17) is 9.47 Å². The molecule has 1 N–H and O–H groups in total. The van der Waals surface area contributed by atoms with Crippen LogP contribution in [-0.4, -0.2) is 36.4 Å². The second-order valence-electron chi connectivity index (χ2n) is 17.2. The van der Waals surface area contributed by atoms with Gasteiger partial charge in [0.2, 0.25) is 0 Å². The minimum atomic E-state index is -0.817. The average Bonchev–Trinajstić information content (AvgIpc) is 3.34. The SMILES string of the molecule is CC/C=C\C/C=C\C/C=C\C/C=C\C/C=C\C/C=C\C/C=C\C/C=C\C/C=C\CCCC(=O)OC(CO)COC(=O)CCCCCCCCCCCCCC/C=C\C/C=C\C/C=C\C/C=C\CC. The predicted molar refractivity (Wildman–Crippen MR) is 297 cm³/mol. The van der Waals surface area contributed by atoms with Gasteiger partial charge in [-0.15, -0.1) is 0 Å². The number of aliphatic hydroxyl groups is 1. The lowest BCUT2D eigenvalue weighted by Crippen LogP contribution is -2.28. The Hall–Kier alpha value is -4.48. The van der Waals surface area contributed by atoms with Gasteiger partial charge in [0.05, 0.1) is 6.61 Å². The van der Waals surface area contributed by atoms with Crippen molar-refractivity contribution < 1.29 is 24.2 Å². The summed E-state index contributed by atoms with van der Waals surface area (Å²) >= 11 is 0. The summed E-state index contributed by atoms with van der Waals surface area (Å²) in [5.74, 6) is -0.674. The molecule has 5 nitrogen and oxygen atoms in total. The number of carbonyl (C=O) groups excluding carboxylic acids is 2. The van der Waals surface area contributed by atoms with Gasteiger partial charge in [-0.3, -0.25) is 9.59 Å². The van der Waals surface area contributed by atoms with Gasteiger partial charge < -0.3 is 14.6 Å². The molecule has 5 heteroatoms. The number of esters is 2. The summed E-state index contributed by atoms with van der Waals surface area (Å²) in [5, 5.41) is 9.64. The molecule has 0 aromatic rings. The molecular weight excluding hydrogens is 837 g/mol. The van der Waals surface area contributed by atoms with Crippen LogP contribution in [0.15, 0.2) is 158 Å². The van der Waals surface area contributed by atoms with Gasteiger partial charge in [0.1, 0.15) is 6.61 Å². The smallest absolute Gasteiger partial charge is 0.306 e. The molecule has 0 radical (unpaired) electrons. The van der Waals surface area contributed by atoms with E-state index < -0.39 is 6.10 Å². The van der Waals surface area contributed by atoms with Crippen LogP contribution >= 0.6 is 0 Å². The van der Waals surface area contributed by atoms with Gasteiger partial charge in [-0.25, -0.2) is 0 Å². The van der Waals surface area contributed by atoms with Crippen molar-refractivity contribution in [2.24, 2.45) is 0 Å². The topological polar surface area (TPSA) is 72.8 Å². The van der Waals surface area contributed by atoms with Gasteiger partial charge >= 0.3 is 11.9 Å². The molecule has 380 valence electrons. The molecule has 0 bridgehead atoms. The molecule has 0 aromatic carbocycles. The first kappa shape index (κ1) is 63.5. The molecule has 1 unspecified atom stereocenters. The lowest BCUT2D eigenvalue weighted by molar-refractivity contribution is -0.161. The van der Waals surface area contributed by atoms with E-state index in [0.717, 1.165) is 109 Å². The standard InChI is InChI=1S/C63H98O5/c1-3-5-7-9-11-13-15-17-19-21-23-25-27-29-30-31-32-34-36-38-40-42-44-46-48-50-52-54-56-58-63(66)68-61(59-64)60-67-62(65)57-55-53-51-49-47-45-43-41-39-37-35-33-28-26-24-22-20-18-16-14-12-10-8-6-4-2/h5-8,11-14,17-20,23-26,29-30,32,34,38,40,44,46,50,52,61,64H,3-4,9-10,15-16,21-22,27-28,31,33,35-37,39,41-43,45,47-49,51,53-60H2,1-2H3/b7-5-,8-6-,13-11-,14-12-,19-17-,20-18-,25-23-,26-24-,30-29-,34-32-,40-38-,46-44-,52-50-. The Bertz CT molecular complexity index is 1520. The summed E-state index contributed by atoms with van der Waals surface area (Å²) in [6, 6.07) is 0. The van der Waals surface area contributed by atoms with E-state index in [0.29, 0.717) is 12.8 Å². The van der Waals surface area contributed by atoms with E-state index in [-0.39, 0.29) is 31.6 Å².